The minimum Gasteiger partial charge on any atom is -0.488 e. The third-order valence-corrected chi connectivity index (χ3v) is 2.98. The summed E-state index contributed by atoms with van der Waals surface area (Å²) < 4.78 is 31.8. The quantitative estimate of drug-likeness (QED) is 0.772. The maximum absolute atomic E-state index is 13.4. The lowest BCUT2D eigenvalue weighted by atomic mass is 10.1. The van der Waals surface area contributed by atoms with E-state index in [4.69, 9.17) is 4.74 Å². The third kappa shape index (κ3) is 5.31. The predicted molar refractivity (Wildman–Crippen MR) is 71.9 cm³/mol. The summed E-state index contributed by atoms with van der Waals surface area (Å²) in [5.74, 6) is -0.602. The van der Waals surface area contributed by atoms with Crippen molar-refractivity contribution in [1.82, 2.24) is 5.32 Å². The number of hydrogen-bond acceptors (Lipinski definition) is 2. The number of halogens is 3. The molecule has 1 rings (SSSR count). The maximum atomic E-state index is 13.4. The lowest BCUT2D eigenvalue weighted by Crippen LogP contribution is -2.23. The van der Waals surface area contributed by atoms with Gasteiger partial charge in [0.25, 0.3) is 0 Å². The van der Waals surface area contributed by atoms with E-state index in [1.807, 2.05) is 0 Å². The van der Waals surface area contributed by atoms with Gasteiger partial charge in [0.05, 0.1) is 4.47 Å². The van der Waals surface area contributed by atoms with Crippen molar-refractivity contribution in [3.8, 4) is 5.75 Å². The monoisotopic (exact) mass is 321 g/mol. The van der Waals surface area contributed by atoms with Gasteiger partial charge in [-0.1, -0.05) is 13.8 Å². The summed E-state index contributed by atoms with van der Waals surface area (Å²) in [7, 11) is 0. The third-order valence-electron chi connectivity index (χ3n) is 2.39. The van der Waals surface area contributed by atoms with Gasteiger partial charge in [0.15, 0.2) is 11.6 Å². The molecule has 0 saturated carbocycles. The molecule has 0 fully saturated rings. The highest BCUT2D eigenvalue weighted by molar-refractivity contribution is 9.10. The first kappa shape index (κ1) is 15.4. The van der Waals surface area contributed by atoms with Crippen LogP contribution in [0.25, 0.3) is 0 Å². The Morgan fingerprint density at radius 1 is 1.28 bits per heavy atom. The van der Waals surface area contributed by atoms with Crippen molar-refractivity contribution in [3.63, 3.8) is 0 Å². The molecule has 0 amide bonds. The van der Waals surface area contributed by atoms with E-state index in [1.165, 1.54) is 6.07 Å². The molecule has 5 heteroatoms. The molecule has 0 aromatic heterocycles. The van der Waals surface area contributed by atoms with Gasteiger partial charge in [0.1, 0.15) is 12.4 Å². The minimum absolute atomic E-state index is 0.0575. The van der Waals surface area contributed by atoms with Crippen molar-refractivity contribution in [3.05, 3.63) is 28.2 Å². The fraction of sp³-hybridized carbons (Fsp3) is 0.538. The topological polar surface area (TPSA) is 21.3 Å². The molecule has 2 nitrogen and oxygen atoms in total. The highest BCUT2D eigenvalue weighted by Gasteiger charge is 2.10. The average Bonchev–Trinajstić information content (AvgIpc) is 2.25. The van der Waals surface area contributed by atoms with E-state index in [1.54, 1.807) is 0 Å². The zero-order valence-corrected chi connectivity index (χ0v) is 12.2. The Bertz CT molecular complexity index is 362. The van der Waals surface area contributed by atoms with Crippen LogP contribution in [0.5, 0.6) is 5.75 Å². The number of rotatable bonds is 7. The van der Waals surface area contributed by atoms with Gasteiger partial charge >= 0.3 is 0 Å². The lowest BCUT2D eigenvalue weighted by Gasteiger charge is -2.10. The second kappa shape index (κ2) is 7.69. The fourth-order valence-corrected chi connectivity index (χ4v) is 1.93. The molecule has 0 heterocycles. The van der Waals surface area contributed by atoms with Gasteiger partial charge in [-0.2, -0.15) is 0 Å². The van der Waals surface area contributed by atoms with E-state index in [9.17, 15) is 8.78 Å². The SMILES string of the molecule is CC(C)CCNCCOc1c(F)cc(F)cc1Br. The molecule has 1 N–H and O–H groups in total. The fourth-order valence-electron chi connectivity index (χ4n) is 1.41. The van der Waals surface area contributed by atoms with Crippen molar-refractivity contribution in [2.45, 2.75) is 20.3 Å². The zero-order valence-electron chi connectivity index (χ0n) is 10.6. The van der Waals surface area contributed by atoms with Crippen LogP contribution in [0.15, 0.2) is 16.6 Å². The van der Waals surface area contributed by atoms with Gasteiger partial charge in [0.2, 0.25) is 0 Å². The van der Waals surface area contributed by atoms with E-state index in [0.717, 1.165) is 19.0 Å². The highest BCUT2D eigenvalue weighted by atomic mass is 79.9. The summed E-state index contributed by atoms with van der Waals surface area (Å²) in [5.41, 5.74) is 0. The Morgan fingerprint density at radius 3 is 2.61 bits per heavy atom. The van der Waals surface area contributed by atoms with E-state index >= 15 is 0 Å². The van der Waals surface area contributed by atoms with Crippen LogP contribution < -0.4 is 10.1 Å². The van der Waals surface area contributed by atoms with Crippen molar-refractivity contribution in [1.29, 1.82) is 0 Å². The van der Waals surface area contributed by atoms with Gasteiger partial charge < -0.3 is 10.1 Å². The van der Waals surface area contributed by atoms with Crippen LogP contribution in [0.4, 0.5) is 8.78 Å². The first-order valence-electron chi connectivity index (χ1n) is 5.98. The van der Waals surface area contributed by atoms with Crippen molar-refractivity contribution in [2.24, 2.45) is 5.92 Å². The van der Waals surface area contributed by atoms with E-state index in [0.29, 0.717) is 23.5 Å². The molecule has 0 aliphatic rings. The van der Waals surface area contributed by atoms with E-state index in [-0.39, 0.29) is 5.75 Å². The van der Waals surface area contributed by atoms with Crippen LogP contribution in [-0.4, -0.2) is 19.7 Å². The Labute approximate surface area is 115 Å². The molecule has 0 saturated heterocycles. The number of hydrogen-bond donors (Lipinski definition) is 1. The normalized spacial score (nSPS) is 11.0. The maximum Gasteiger partial charge on any atom is 0.169 e. The largest absolute Gasteiger partial charge is 0.488 e. The smallest absolute Gasteiger partial charge is 0.169 e. The van der Waals surface area contributed by atoms with Gasteiger partial charge in [0, 0.05) is 12.6 Å². The van der Waals surface area contributed by atoms with Gasteiger partial charge in [-0.15, -0.1) is 0 Å². The van der Waals surface area contributed by atoms with Crippen LogP contribution in [0.1, 0.15) is 20.3 Å². The highest BCUT2D eigenvalue weighted by Crippen LogP contribution is 2.28. The van der Waals surface area contributed by atoms with Crippen LogP contribution in [0, 0.1) is 17.6 Å². The Hall–Kier alpha value is -0.680. The van der Waals surface area contributed by atoms with Crippen molar-refractivity contribution < 1.29 is 13.5 Å². The second-order valence-electron chi connectivity index (χ2n) is 4.48. The van der Waals surface area contributed by atoms with Crippen molar-refractivity contribution >= 4 is 15.9 Å². The Kier molecular flexibility index (Phi) is 6.57. The Balaban J connectivity index is 2.31. The minimum atomic E-state index is -0.691. The molecular weight excluding hydrogens is 304 g/mol. The summed E-state index contributed by atoms with van der Waals surface area (Å²) in [6.45, 7) is 6.20. The second-order valence-corrected chi connectivity index (χ2v) is 5.33. The Morgan fingerprint density at radius 2 is 2.00 bits per heavy atom. The molecule has 0 aliphatic carbocycles. The molecule has 0 radical (unpaired) electrons. The number of ether oxygens (including phenoxy) is 1. The van der Waals surface area contributed by atoms with Gasteiger partial charge in [-0.25, -0.2) is 8.78 Å². The molecule has 0 aliphatic heterocycles. The van der Waals surface area contributed by atoms with E-state index in [2.05, 4.69) is 35.1 Å². The summed E-state index contributed by atoms with van der Waals surface area (Å²) in [5, 5.41) is 3.20. The molecule has 0 bridgehead atoms. The predicted octanol–water partition coefficient (Wildman–Crippen LogP) is 3.74. The molecule has 0 atom stereocenters. The zero-order chi connectivity index (χ0) is 13.5. The van der Waals surface area contributed by atoms with Crippen LogP contribution in [0.3, 0.4) is 0 Å². The summed E-state index contributed by atoms with van der Waals surface area (Å²) in [4.78, 5) is 0. The number of nitrogens with one attached hydrogen (secondary N) is 1. The average molecular weight is 322 g/mol. The standard InChI is InChI=1S/C13H18BrF2NO/c1-9(2)3-4-17-5-6-18-13-11(14)7-10(15)8-12(13)16/h7-9,17H,3-6H2,1-2H3. The molecule has 1 aromatic rings. The van der Waals surface area contributed by atoms with Gasteiger partial charge in [-0.05, 0) is 40.9 Å². The summed E-state index contributed by atoms with van der Waals surface area (Å²) in [6, 6.07) is 2.00. The lowest BCUT2D eigenvalue weighted by molar-refractivity contribution is 0.294. The summed E-state index contributed by atoms with van der Waals surface area (Å²) >= 11 is 3.07. The molecule has 0 unspecified atom stereocenters. The van der Waals surface area contributed by atoms with E-state index < -0.39 is 11.6 Å². The first-order chi connectivity index (χ1) is 8.50. The van der Waals surface area contributed by atoms with Crippen LogP contribution in [-0.2, 0) is 0 Å². The molecule has 0 spiro atoms. The molecular formula is C13H18BrF2NO. The van der Waals surface area contributed by atoms with Crippen LogP contribution in [0.2, 0.25) is 0 Å². The van der Waals surface area contributed by atoms with Crippen molar-refractivity contribution in [2.75, 3.05) is 19.7 Å². The summed E-state index contributed by atoms with van der Waals surface area (Å²) in [6.07, 6.45) is 1.09. The number of benzene rings is 1. The van der Waals surface area contributed by atoms with Crippen LogP contribution >= 0.6 is 15.9 Å². The molecule has 1 aromatic carbocycles. The first-order valence-corrected chi connectivity index (χ1v) is 6.78. The van der Waals surface area contributed by atoms with Gasteiger partial charge in [-0.3, -0.25) is 0 Å². The molecule has 18 heavy (non-hydrogen) atoms. The molecule has 102 valence electrons.